The van der Waals surface area contributed by atoms with Crippen LogP contribution in [0.4, 0.5) is 5.82 Å². The number of hydrogen-bond acceptors (Lipinski definition) is 5. The number of fused-ring (bicyclic) bond motifs is 1. The molecule has 24 heavy (non-hydrogen) atoms. The summed E-state index contributed by atoms with van der Waals surface area (Å²) in [5.41, 5.74) is 1.18. The number of thiophene rings is 1. The van der Waals surface area contributed by atoms with Gasteiger partial charge in [0.15, 0.2) is 0 Å². The largest absolute Gasteiger partial charge is 0.365 e. The van der Waals surface area contributed by atoms with E-state index in [2.05, 4.69) is 32.4 Å². The van der Waals surface area contributed by atoms with Gasteiger partial charge in [0.25, 0.3) is 0 Å². The van der Waals surface area contributed by atoms with Crippen molar-refractivity contribution in [3.05, 3.63) is 64.5 Å². The first-order chi connectivity index (χ1) is 11.7. The molecule has 120 valence electrons. The molecular formula is C17H14ClN5S. The van der Waals surface area contributed by atoms with E-state index in [9.17, 15) is 0 Å². The lowest BCUT2D eigenvalue weighted by atomic mass is 10.2. The monoisotopic (exact) mass is 355 g/mol. The quantitative estimate of drug-likeness (QED) is 0.587. The number of nitrogens with zero attached hydrogens (tertiary/aromatic N) is 4. The van der Waals surface area contributed by atoms with Crippen molar-refractivity contribution in [3.8, 4) is 5.95 Å². The fourth-order valence-corrected chi connectivity index (χ4v) is 3.73. The van der Waals surface area contributed by atoms with Gasteiger partial charge in [-0.05, 0) is 12.5 Å². The summed E-state index contributed by atoms with van der Waals surface area (Å²) in [6, 6.07) is 10.2. The van der Waals surface area contributed by atoms with E-state index >= 15 is 0 Å². The van der Waals surface area contributed by atoms with Crippen LogP contribution in [0.15, 0.2) is 49.1 Å². The van der Waals surface area contributed by atoms with Crippen molar-refractivity contribution in [1.29, 1.82) is 0 Å². The molecule has 0 radical (unpaired) electrons. The van der Waals surface area contributed by atoms with Crippen molar-refractivity contribution in [2.24, 2.45) is 0 Å². The minimum absolute atomic E-state index is 0.577. The third kappa shape index (κ3) is 2.74. The van der Waals surface area contributed by atoms with Crippen LogP contribution in [0.1, 0.15) is 10.4 Å². The van der Waals surface area contributed by atoms with Crippen LogP contribution < -0.4 is 5.32 Å². The molecule has 0 saturated carbocycles. The van der Waals surface area contributed by atoms with Gasteiger partial charge in [-0.1, -0.05) is 41.9 Å². The Morgan fingerprint density at radius 1 is 1.21 bits per heavy atom. The lowest BCUT2D eigenvalue weighted by Crippen LogP contribution is -2.06. The fourth-order valence-electron chi connectivity index (χ4n) is 2.47. The fraction of sp³-hybridized carbons (Fsp3) is 0.118. The maximum Gasteiger partial charge on any atom is 0.238 e. The molecule has 0 amide bonds. The maximum atomic E-state index is 6.48. The van der Waals surface area contributed by atoms with E-state index in [4.69, 9.17) is 11.6 Å². The molecule has 0 aliphatic heterocycles. The zero-order chi connectivity index (χ0) is 16.5. The van der Waals surface area contributed by atoms with E-state index in [0.717, 1.165) is 20.9 Å². The number of nitrogens with one attached hydrogen (secondary N) is 1. The second-order valence-corrected chi connectivity index (χ2v) is 6.91. The topological polar surface area (TPSA) is 55.6 Å². The molecule has 0 aliphatic rings. The van der Waals surface area contributed by atoms with Crippen molar-refractivity contribution in [2.75, 3.05) is 5.32 Å². The highest BCUT2D eigenvalue weighted by Crippen LogP contribution is 2.37. The van der Waals surface area contributed by atoms with E-state index in [1.165, 1.54) is 5.56 Å². The molecule has 0 fully saturated rings. The standard InChI is InChI=1S/C17H14ClN5S/c1-11-14(18)13-15(20-9-12-5-3-2-4-6-12)21-17(22-16(13)24-11)23-8-7-19-10-23/h2-8,10H,9H2,1H3,(H,20,21,22). The molecule has 0 atom stereocenters. The Balaban J connectivity index is 1.79. The molecule has 1 aromatic carbocycles. The lowest BCUT2D eigenvalue weighted by Gasteiger charge is -2.09. The average Bonchev–Trinajstić information content (AvgIpc) is 3.23. The van der Waals surface area contributed by atoms with Crippen molar-refractivity contribution in [3.63, 3.8) is 0 Å². The maximum absolute atomic E-state index is 6.48. The molecule has 4 rings (SSSR count). The van der Waals surface area contributed by atoms with Gasteiger partial charge in [0.05, 0.1) is 10.4 Å². The van der Waals surface area contributed by atoms with Gasteiger partial charge in [0, 0.05) is 23.8 Å². The summed E-state index contributed by atoms with van der Waals surface area (Å²) in [7, 11) is 0. The summed E-state index contributed by atoms with van der Waals surface area (Å²) in [6.45, 7) is 2.66. The van der Waals surface area contributed by atoms with Crippen molar-refractivity contribution in [1.82, 2.24) is 19.5 Å². The second-order valence-electron chi connectivity index (χ2n) is 5.33. The summed E-state index contributed by atoms with van der Waals surface area (Å²) in [5.74, 6) is 1.32. The van der Waals surface area contributed by atoms with Crippen LogP contribution in [0.2, 0.25) is 5.02 Å². The molecule has 4 aromatic rings. The number of imidazole rings is 1. The first-order valence-electron chi connectivity index (χ1n) is 7.45. The van der Waals surface area contributed by atoms with Gasteiger partial charge in [-0.15, -0.1) is 11.3 Å². The third-order valence-corrected chi connectivity index (χ3v) is 5.26. The number of aromatic nitrogens is 4. The summed E-state index contributed by atoms with van der Waals surface area (Å²) in [4.78, 5) is 15.2. The Bertz CT molecular complexity index is 979. The van der Waals surface area contributed by atoms with Gasteiger partial charge in [-0.25, -0.2) is 9.97 Å². The highest BCUT2D eigenvalue weighted by molar-refractivity contribution is 7.19. The third-order valence-electron chi connectivity index (χ3n) is 3.68. The van der Waals surface area contributed by atoms with Crippen LogP contribution in [-0.4, -0.2) is 19.5 Å². The summed E-state index contributed by atoms with van der Waals surface area (Å²) in [5, 5.41) is 4.98. The Kier molecular flexibility index (Phi) is 3.92. The molecule has 5 nitrogen and oxygen atoms in total. The Morgan fingerprint density at radius 2 is 2.04 bits per heavy atom. The molecule has 0 saturated heterocycles. The van der Waals surface area contributed by atoms with Crippen LogP contribution >= 0.6 is 22.9 Å². The van der Waals surface area contributed by atoms with Crippen molar-refractivity contribution < 1.29 is 0 Å². The molecule has 3 aromatic heterocycles. The van der Waals surface area contributed by atoms with Gasteiger partial charge < -0.3 is 5.32 Å². The number of rotatable bonds is 4. The van der Waals surface area contributed by atoms with Crippen LogP contribution in [0, 0.1) is 6.92 Å². The predicted octanol–water partition coefficient (Wildman–Crippen LogP) is 4.45. The molecule has 0 bridgehead atoms. The Labute approximate surface area is 148 Å². The molecular weight excluding hydrogens is 342 g/mol. The normalized spacial score (nSPS) is 11.1. The summed E-state index contributed by atoms with van der Waals surface area (Å²) in [6.07, 6.45) is 5.21. The molecule has 0 aliphatic carbocycles. The highest BCUT2D eigenvalue weighted by Gasteiger charge is 2.16. The van der Waals surface area contributed by atoms with E-state index in [1.54, 1.807) is 28.4 Å². The SMILES string of the molecule is Cc1sc2nc(-n3ccnc3)nc(NCc3ccccc3)c2c1Cl. The van der Waals surface area contributed by atoms with Crippen LogP contribution in [-0.2, 0) is 6.54 Å². The van der Waals surface area contributed by atoms with Gasteiger partial charge in [-0.2, -0.15) is 4.98 Å². The summed E-state index contributed by atoms with van der Waals surface area (Å²) < 4.78 is 1.79. The minimum atomic E-state index is 0.577. The molecule has 0 unspecified atom stereocenters. The van der Waals surface area contributed by atoms with Crippen LogP contribution in [0.25, 0.3) is 16.2 Å². The van der Waals surface area contributed by atoms with E-state index < -0.39 is 0 Å². The molecule has 1 N–H and O–H groups in total. The van der Waals surface area contributed by atoms with E-state index in [-0.39, 0.29) is 0 Å². The first-order valence-corrected chi connectivity index (χ1v) is 8.64. The lowest BCUT2D eigenvalue weighted by molar-refractivity contribution is 0.939. The Hall–Kier alpha value is -2.44. The van der Waals surface area contributed by atoms with Gasteiger partial charge >= 0.3 is 0 Å². The second kappa shape index (κ2) is 6.22. The van der Waals surface area contributed by atoms with Gasteiger partial charge in [0.2, 0.25) is 5.95 Å². The molecule has 3 heterocycles. The first kappa shape index (κ1) is 15.1. The van der Waals surface area contributed by atoms with Crippen LogP contribution in [0.3, 0.4) is 0 Å². The van der Waals surface area contributed by atoms with Gasteiger partial charge in [-0.3, -0.25) is 4.57 Å². The molecule has 7 heteroatoms. The van der Waals surface area contributed by atoms with Crippen LogP contribution in [0.5, 0.6) is 0 Å². The van der Waals surface area contributed by atoms with Gasteiger partial charge in [0.1, 0.15) is 17.0 Å². The zero-order valence-corrected chi connectivity index (χ0v) is 14.5. The van der Waals surface area contributed by atoms with E-state index in [0.29, 0.717) is 17.5 Å². The van der Waals surface area contributed by atoms with E-state index in [1.807, 2.05) is 31.3 Å². The number of halogens is 1. The smallest absolute Gasteiger partial charge is 0.238 e. The number of anilines is 1. The predicted molar refractivity (Wildman–Crippen MR) is 98.1 cm³/mol. The van der Waals surface area contributed by atoms with Crippen molar-refractivity contribution >= 4 is 39.0 Å². The minimum Gasteiger partial charge on any atom is -0.365 e. The zero-order valence-electron chi connectivity index (χ0n) is 12.9. The average molecular weight is 356 g/mol. The number of benzene rings is 1. The Morgan fingerprint density at radius 3 is 2.79 bits per heavy atom. The number of hydrogen-bond donors (Lipinski definition) is 1. The van der Waals surface area contributed by atoms with Crippen molar-refractivity contribution in [2.45, 2.75) is 13.5 Å². The summed E-state index contributed by atoms with van der Waals surface area (Å²) >= 11 is 8.05. The number of aryl methyl sites for hydroxylation is 1. The highest BCUT2D eigenvalue weighted by atomic mass is 35.5. The molecule has 0 spiro atoms.